The zero-order valence-corrected chi connectivity index (χ0v) is 13.6. The first-order valence-electron chi connectivity index (χ1n) is 8.11. The van der Waals surface area contributed by atoms with Crippen LogP contribution in [0.3, 0.4) is 0 Å². The maximum atomic E-state index is 12.0. The Labute approximate surface area is 127 Å². The predicted octanol–water partition coefficient (Wildman–Crippen LogP) is 1.83. The topological polar surface area (TPSA) is 41.4 Å². The van der Waals surface area contributed by atoms with E-state index in [0.717, 1.165) is 57.8 Å². The molecule has 0 spiro atoms. The molecule has 1 aromatic rings. The molecule has 5 heteroatoms. The van der Waals surface area contributed by atoms with Gasteiger partial charge in [-0.15, -0.1) is 0 Å². The Kier molecular flexibility index (Phi) is 5.79. The SMILES string of the molecule is CCCCC(=O)N1CCN(CCn2nc(C)cc2C)CC1. The average molecular weight is 292 g/mol. The van der Waals surface area contributed by atoms with E-state index >= 15 is 0 Å². The second-order valence-corrected chi connectivity index (χ2v) is 5.98. The van der Waals surface area contributed by atoms with E-state index in [-0.39, 0.29) is 0 Å². The van der Waals surface area contributed by atoms with E-state index in [1.165, 1.54) is 5.69 Å². The van der Waals surface area contributed by atoms with Gasteiger partial charge in [0.1, 0.15) is 0 Å². The number of carbonyl (C=O) groups excluding carboxylic acids is 1. The molecule has 1 aliphatic heterocycles. The van der Waals surface area contributed by atoms with Crippen LogP contribution < -0.4 is 0 Å². The molecule has 1 aliphatic rings. The minimum atomic E-state index is 0.329. The van der Waals surface area contributed by atoms with Gasteiger partial charge in [0.2, 0.25) is 5.91 Å². The Hall–Kier alpha value is -1.36. The van der Waals surface area contributed by atoms with Crippen molar-refractivity contribution in [1.29, 1.82) is 0 Å². The molecule has 0 aliphatic carbocycles. The highest BCUT2D eigenvalue weighted by molar-refractivity contribution is 5.76. The molecule has 2 rings (SSSR count). The van der Waals surface area contributed by atoms with Gasteiger partial charge in [-0.3, -0.25) is 14.4 Å². The Balaban J connectivity index is 1.72. The number of hydrogen-bond donors (Lipinski definition) is 0. The lowest BCUT2D eigenvalue weighted by molar-refractivity contribution is -0.133. The summed E-state index contributed by atoms with van der Waals surface area (Å²) >= 11 is 0. The summed E-state index contributed by atoms with van der Waals surface area (Å²) < 4.78 is 2.08. The summed E-state index contributed by atoms with van der Waals surface area (Å²) in [7, 11) is 0. The van der Waals surface area contributed by atoms with Crippen molar-refractivity contribution in [1.82, 2.24) is 19.6 Å². The Morgan fingerprint density at radius 1 is 1.19 bits per heavy atom. The summed E-state index contributed by atoms with van der Waals surface area (Å²) in [5.74, 6) is 0.329. The van der Waals surface area contributed by atoms with Crippen molar-refractivity contribution in [2.24, 2.45) is 0 Å². The molecule has 0 atom stereocenters. The van der Waals surface area contributed by atoms with Gasteiger partial charge >= 0.3 is 0 Å². The molecule has 0 radical (unpaired) electrons. The van der Waals surface area contributed by atoms with E-state index in [1.54, 1.807) is 0 Å². The minimum absolute atomic E-state index is 0.329. The minimum Gasteiger partial charge on any atom is -0.340 e. The Morgan fingerprint density at radius 2 is 1.90 bits per heavy atom. The van der Waals surface area contributed by atoms with Gasteiger partial charge in [0.25, 0.3) is 0 Å². The maximum Gasteiger partial charge on any atom is 0.222 e. The summed E-state index contributed by atoms with van der Waals surface area (Å²) in [6.07, 6.45) is 2.81. The lowest BCUT2D eigenvalue weighted by Gasteiger charge is -2.34. The number of piperazine rings is 1. The molecule has 21 heavy (non-hydrogen) atoms. The highest BCUT2D eigenvalue weighted by atomic mass is 16.2. The van der Waals surface area contributed by atoms with Crippen molar-refractivity contribution < 1.29 is 4.79 Å². The van der Waals surface area contributed by atoms with Crippen LogP contribution in [0.15, 0.2) is 6.07 Å². The first-order valence-corrected chi connectivity index (χ1v) is 8.11. The number of rotatable bonds is 6. The van der Waals surface area contributed by atoms with Crippen LogP contribution in [0.25, 0.3) is 0 Å². The summed E-state index contributed by atoms with van der Waals surface area (Å²) in [6, 6.07) is 2.12. The van der Waals surface area contributed by atoms with Crippen molar-refractivity contribution in [2.75, 3.05) is 32.7 Å². The Bertz CT molecular complexity index is 461. The predicted molar refractivity (Wildman–Crippen MR) is 84.2 cm³/mol. The fourth-order valence-electron chi connectivity index (χ4n) is 2.84. The molecule has 0 bridgehead atoms. The number of amides is 1. The molecule has 1 fully saturated rings. The van der Waals surface area contributed by atoms with Gasteiger partial charge in [-0.2, -0.15) is 5.10 Å². The first-order chi connectivity index (χ1) is 10.1. The zero-order chi connectivity index (χ0) is 15.2. The molecule has 0 saturated carbocycles. The normalized spacial score (nSPS) is 16.4. The maximum absolute atomic E-state index is 12.0. The van der Waals surface area contributed by atoms with Gasteiger partial charge < -0.3 is 4.90 Å². The molecule has 5 nitrogen and oxygen atoms in total. The molecule has 118 valence electrons. The van der Waals surface area contributed by atoms with Crippen LogP contribution >= 0.6 is 0 Å². The first kappa shape index (κ1) is 16.0. The van der Waals surface area contributed by atoms with Crippen LogP contribution in [0.1, 0.15) is 37.6 Å². The Morgan fingerprint density at radius 3 is 2.48 bits per heavy atom. The van der Waals surface area contributed by atoms with Gasteiger partial charge in [0.15, 0.2) is 0 Å². The van der Waals surface area contributed by atoms with Crippen LogP contribution in [-0.4, -0.2) is 58.2 Å². The highest BCUT2D eigenvalue weighted by Gasteiger charge is 2.20. The number of unbranched alkanes of at least 4 members (excludes halogenated alkanes) is 1. The lowest BCUT2D eigenvalue weighted by atomic mass is 10.2. The molecule has 1 saturated heterocycles. The van der Waals surface area contributed by atoms with Crippen LogP contribution in [0.2, 0.25) is 0 Å². The standard InChI is InChI=1S/C16H28N4O/c1-4-5-6-16(21)19-10-7-18(8-11-19)9-12-20-15(3)13-14(2)17-20/h13H,4-12H2,1-3H3. The van der Waals surface area contributed by atoms with Crippen molar-refractivity contribution >= 4 is 5.91 Å². The summed E-state index contributed by atoms with van der Waals surface area (Å²) in [5.41, 5.74) is 2.31. The van der Waals surface area contributed by atoms with E-state index in [9.17, 15) is 4.79 Å². The van der Waals surface area contributed by atoms with E-state index < -0.39 is 0 Å². The van der Waals surface area contributed by atoms with E-state index in [4.69, 9.17) is 0 Å². The second-order valence-electron chi connectivity index (χ2n) is 5.98. The number of hydrogen-bond acceptors (Lipinski definition) is 3. The van der Waals surface area contributed by atoms with Crippen molar-refractivity contribution in [3.8, 4) is 0 Å². The monoisotopic (exact) mass is 292 g/mol. The summed E-state index contributed by atoms with van der Waals surface area (Å²) in [6.45, 7) is 11.9. The fraction of sp³-hybridized carbons (Fsp3) is 0.750. The van der Waals surface area contributed by atoms with Crippen molar-refractivity contribution in [2.45, 2.75) is 46.6 Å². The third-order valence-electron chi connectivity index (χ3n) is 4.20. The molecular weight excluding hydrogens is 264 g/mol. The fourth-order valence-corrected chi connectivity index (χ4v) is 2.84. The number of nitrogens with zero attached hydrogens (tertiary/aromatic N) is 4. The largest absolute Gasteiger partial charge is 0.340 e. The van der Waals surface area contributed by atoms with Crippen molar-refractivity contribution in [3.63, 3.8) is 0 Å². The van der Waals surface area contributed by atoms with Crippen molar-refractivity contribution in [3.05, 3.63) is 17.5 Å². The molecule has 0 unspecified atom stereocenters. The average Bonchev–Trinajstić information content (AvgIpc) is 2.81. The third kappa shape index (κ3) is 4.56. The van der Waals surface area contributed by atoms with Gasteiger partial charge in [0.05, 0.1) is 12.2 Å². The molecule has 2 heterocycles. The molecular formula is C16H28N4O. The molecule has 1 amide bonds. The summed E-state index contributed by atoms with van der Waals surface area (Å²) in [4.78, 5) is 16.4. The zero-order valence-electron chi connectivity index (χ0n) is 13.6. The number of carbonyl (C=O) groups is 1. The molecule has 0 N–H and O–H groups in total. The molecule has 0 aromatic carbocycles. The highest BCUT2D eigenvalue weighted by Crippen LogP contribution is 2.07. The van der Waals surface area contributed by atoms with Gasteiger partial charge in [-0.25, -0.2) is 0 Å². The van der Waals surface area contributed by atoms with Gasteiger partial charge in [-0.1, -0.05) is 13.3 Å². The third-order valence-corrected chi connectivity index (χ3v) is 4.20. The number of aryl methyl sites for hydroxylation is 2. The van der Waals surface area contributed by atoms with Crippen LogP contribution in [-0.2, 0) is 11.3 Å². The lowest BCUT2D eigenvalue weighted by Crippen LogP contribution is -2.49. The van der Waals surface area contributed by atoms with E-state index in [2.05, 4.69) is 34.6 Å². The van der Waals surface area contributed by atoms with Gasteiger partial charge in [0, 0.05) is 44.8 Å². The van der Waals surface area contributed by atoms with E-state index in [1.807, 2.05) is 11.8 Å². The van der Waals surface area contributed by atoms with E-state index in [0.29, 0.717) is 12.3 Å². The van der Waals surface area contributed by atoms with Crippen LogP contribution in [0.4, 0.5) is 0 Å². The van der Waals surface area contributed by atoms with Gasteiger partial charge in [-0.05, 0) is 26.3 Å². The second kappa shape index (κ2) is 7.59. The van der Waals surface area contributed by atoms with Crippen LogP contribution in [0.5, 0.6) is 0 Å². The number of aromatic nitrogens is 2. The quantitative estimate of drug-likeness (QED) is 0.803. The molecule has 1 aromatic heterocycles. The van der Waals surface area contributed by atoms with Crippen LogP contribution in [0, 0.1) is 13.8 Å². The smallest absolute Gasteiger partial charge is 0.222 e. The summed E-state index contributed by atoms with van der Waals surface area (Å²) in [5, 5.41) is 4.50.